The zero-order chi connectivity index (χ0) is 25.8. The van der Waals surface area contributed by atoms with Crippen LogP contribution in [0, 0.1) is 5.92 Å². The van der Waals surface area contributed by atoms with Gasteiger partial charge in [0, 0.05) is 18.7 Å². The third-order valence-corrected chi connectivity index (χ3v) is 5.79. The van der Waals surface area contributed by atoms with Crippen LogP contribution >= 0.6 is 0 Å². The average molecular weight is 495 g/mol. The highest BCUT2D eigenvalue weighted by atomic mass is 16.8. The van der Waals surface area contributed by atoms with Crippen LogP contribution < -0.4 is 14.2 Å². The van der Waals surface area contributed by atoms with Crippen molar-refractivity contribution in [1.82, 2.24) is 0 Å². The molecule has 3 rings (SSSR count). The molecule has 1 saturated heterocycles. The van der Waals surface area contributed by atoms with E-state index in [0.29, 0.717) is 23.5 Å². The number of aliphatic hydroxyl groups is 2. The molecule has 1 aromatic rings. The molecule has 194 valence electrons. The quantitative estimate of drug-likeness (QED) is 0.311. The normalized spacial score (nSPS) is 23.6. The van der Waals surface area contributed by atoms with Gasteiger partial charge in [0.15, 0.2) is 24.1 Å². The Morgan fingerprint density at radius 3 is 2.63 bits per heavy atom. The number of fused-ring (bicyclic) bond motifs is 1. The van der Waals surface area contributed by atoms with Crippen LogP contribution in [0.1, 0.15) is 50.0 Å². The fraction of sp³-hybridized carbons (Fsp3) is 0.560. The summed E-state index contributed by atoms with van der Waals surface area (Å²) in [4.78, 5) is 12.1. The van der Waals surface area contributed by atoms with Gasteiger partial charge in [0.1, 0.15) is 23.5 Å². The summed E-state index contributed by atoms with van der Waals surface area (Å²) in [5.74, 6) is -1.47. The predicted octanol–water partition coefficient (Wildman–Crippen LogP) is 2.95. The van der Waals surface area contributed by atoms with Gasteiger partial charge in [-0.3, -0.25) is 0 Å². The summed E-state index contributed by atoms with van der Waals surface area (Å²) < 4.78 is 33.2. The maximum Gasteiger partial charge on any atom is 0.340 e. The van der Waals surface area contributed by atoms with Crippen molar-refractivity contribution >= 4 is 12.0 Å². The van der Waals surface area contributed by atoms with Crippen LogP contribution in [0.3, 0.4) is 0 Å². The summed E-state index contributed by atoms with van der Waals surface area (Å²) in [6.07, 6.45) is 4.33. The largest absolute Gasteiger partial charge is 0.478 e. The molecule has 0 aliphatic carbocycles. The lowest BCUT2D eigenvalue weighted by molar-refractivity contribution is -0.152. The van der Waals surface area contributed by atoms with E-state index in [2.05, 4.69) is 0 Å². The number of carboxylic acids is 1. The first kappa shape index (κ1) is 27.0. The van der Waals surface area contributed by atoms with Gasteiger partial charge in [0.25, 0.3) is 0 Å². The van der Waals surface area contributed by atoms with Crippen LogP contribution in [-0.4, -0.2) is 72.2 Å². The first-order valence-corrected chi connectivity index (χ1v) is 11.4. The number of hydrogen-bond acceptors (Lipinski definition) is 9. The maximum absolute atomic E-state index is 12.1. The zero-order valence-electron chi connectivity index (χ0n) is 20.6. The van der Waals surface area contributed by atoms with Crippen molar-refractivity contribution in [1.29, 1.82) is 0 Å². The Bertz CT molecular complexity index is 952. The van der Waals surface area contributed by atoms with Gasteiger partial charge in [0.2, 0.25) is 6.79 Å². The SMILES string of the molecule is COCOc1cc2c(c(/C=C/C[C@@H]3OC(C)(C)O[C@@H]3C(O)/C=C\[C@@H](C)[C@H](C)O)c1C(=O)O)OCO2. The van der Waals surface area contributed by atoms with E-state index < -0.39 is 36.2 Å². The van der Waals surface area contributed by atoms with Crippen molar-refractivity contribution in [3.8, 4) is 17.2 Å². The molecule has 1 fully saturated rings. The van der Waals surface area contributed by atoms with E-state index in [1.807, 2.05) is 6.92 Å². The van der Waals surface area contributed by atoms with E-state index in [-0.39, 0.29) is 30.8 Å². The molecule has 0 bridgehead atoms. The fourth-order valence-electron chi connectivity index (χ4n) is 3.87. The average Bonchev–Trinajstić information content (AvgIpc) is 3.38. The number of benzene rings is 1. The second kappa shape index (κ2) is 11.4. The Kier molecular flexibility index (Phi) is 8.79. The number of aromatic carboxylic acids is 1. The summed E-state index contributed by atoms with van der Waals surface area (Å²) in [6.45, 7) is 6.87. The Hall–Kier alpha value is -2.63. The van der Waals surface area contributed by atoms with E-state index in [1.54, 1.807) is 45.1 Å². The lowest BCUT2D eigenvalue weighted by atomic mass is 9.99. The van der Waals surface area contributed by atoms with Gasteiger partial charge in [-0.15, -0.1) is 0 Å². The topological polar surface area (TPSA) is 133 Å². The third-order valence-electron chi connectivity index (χ3n) is 5.79. The van der Waals surface area contributed by atoms with Gasteiger partial charge in [-0.05, 0) is 33.1 Å². The third kappa shape index (κ3) is 6.53. The minimum atomic E-state index is -1.19. The van der Waals surface area contributed by atoms with E-state index in [0.717, 1.165) is 0 Å². The zero-order valence-corrected chi connectivity index (χ0v) is 20.6. The molecule has 2 aliphatic rings. The van der Waals surface area contributed by atoms with Gasteiger partial charge >= 0.3 is 5.97 Å². The number of hydrogen-bond donors (Lipinski definition) is 3. The lowest BCUT2D eigenvalue weighted by Gasteiger charge is -2.20. The molecule has 0 spiro atoms. The Balaban J connectivity index is 1.84. The van der Waals surface area contributed by atoms with Crippen molar-refractivity contribution in [3.05, 3.63) is 35.4 Å². The molecule has 10 nitrogen and oxygen atoms in total. The van der Waals surface area contributed by atoms with Gasteiger partial charge in [-0.25, -0.2) is 4.79 Å². The molecule has 5 atom stereocenters. The number of carboxylic acid groups (broad SMARTS) is 1. The van der Waals surface area contributed by atoms with Gasteiger partial charge in [0.05, 0.1) is 12.2 Å². The van der Waals surface area contributed by atoms with Crippen molar-refractivity contribution in [3.63, 3.8) is 0 Å². The van der Waals surface area contributed by atoms with Crippen LogP contribution in [-0.2, 0) is 14.2 Å². The van der Waals surface area contributed by atoms with Crippen LogP contribution in [0.5, 0.6) is 17.2 Å². The molecule has 0 amide bonds. The first-order valence-electron chi connectivity index (χ1n) is 11.4. The lowest BCUT2D eigenvalue weighted by Crippen LogP contribution is -2.34. The van der Waals surface area contributed by atoms with E-state index >= 15 is 0 Å². The van der Waals surface area contributed by atoms with Gasteiger partial charge < -0.3 is 43.7 Å². The van der Waals surface area contributed by atoms with E-state index in [9.17, 15) is 20.1 Å². The molecule has 10 heteroatoms. The second-order valence-electron chi connectivity index (χ2n) is 9.01. The van der Waals surface area contributed by atoms with E-state index in [4.69, 9.17) is 28.4 Å². The molecule has 2 heterocycles. The molecular weight excluding hydrogens is 460 g/mol. The Morgan fingerprint density at radius 1 is 1.23 bits per heavy atom. The molecule has 3 N–H and O–H groups in total. The Labute approximate surface area is 204 Å². The Morgan fingerprint density at radius 2 is 1.97 bits per heavy atom. The highest BCUT2D eigenvalue weighted by Gasteiger charge is 2.43. The van der Waals surface area contributed by atoms with Gasteiger partial charge in [-0.1, -0.05) is 31.2 Å². The van der Waals surface area contributed by atoms with Crippen LogP contribution in [0.2, 0.25) is 0 Å². The molecule has 0 aromatic heterocycles. The van der Waals surface area contributed by atoms with Crippen molar-refractivity contribution in [2.24, 2.45) is 5.92 Å². The van der Waals surface area contributed by atoms with E-state index in [1.165, 1.54) is 13.2 Å². The molecule has 1 unspecified atom stereocenters. The number of rotatable bonds is 11. The number of aliphatic hydroxyl groups excluding tert-OH is 2. The number of carbonyl (C=O) groups is 1. The molecule has 1 aromatic carbocycles. The smallest absolute Gasteiger partial charge is 0.340 e. The second-order valence-corrected chi connectivity index (χ2v) is 9.01. The molecule has 2 aliphatic heterocycles. The molecule has 0 radical (unpaired) electrons. The summed E-state index contributed by atoms with van der Waals surface area (Å²) in [7, 11) is 1.43. The molecule has 35 heavy (non-hydrogen) atoms. The van der Waals surface area contributed by atoms with Crippen LogP contribution in [0.15, 0.2) is 24.3 Å². The summed E-state index contributed by atoms with van der Waals surface area (Å²) in [5, 5.41) is 30.3. The minimum absolute atomic E-state index is 0.0395. The summed E-state index contributed by atoms with van der Waals surface area (Å²) in [5.41, 5.74) is 0.206. The van der Waals surface area contributed by atoms with Crippen LogP contribution in [0.4, 0.5) is 0 Å². The standard InChI is InChI=1S/C25H34O10/c1-14(15(2)26)9-10-17(27)23-18(34-25(3,4)35-23)8-6-7-16-21(24(28)29)19(31-12-30-5)11-20-22(16)33-13-32-20/h6-7,9-11,14-15,17-18,23,26-27H,8,12-13H2,1-5H3,(H,28,29)/b7-6+,10-9-/t14-,15+,17?,18+,23-/m1/s1. The van der Waals surface area contributed by atoms with Crippen molar-refractivity contribution in [2.45, 2.75) is 64.3 Å². The minimum Gasteiger partial charge on any atom is -0.478 e. The predicted molar refractivity (Wildman–Crippen MR) is 125 cm³/mol. The highest BCUT2D eigenvalue weighted by Crippen LogP contribution is 2.43. The van der Waals surface area contributed by atoms with Crippen molar-refractivity contribution < 1.29 is 48.5 Å². The maximum atomic E-state index is 12.1. The molecule has 0 saturated carbocycles. The number of ether oxygens (including phenoxy) is 6. The van der Waals surface area contributed by atoms with Crippen LogP contribution in [0.25, 0.3) is 6.08 Å². The van der Waals surface area contributed by atoms with Crippen molar-refractivity contribution in [2.75, 3.05) is 20.7 Å². The summed E-state index contributed by atoms with van der Waals surface area (Å²) >= 11 is 0. The fourth-order valence-corrected chi connectivity index (χ4v) is 3.87. The summed E-state index contributed by atoms with van der Waals surface area (Å²) in [6, 6.07) is 1.46. The monoisotopic (exact) mass is 494 g/mol. The molecular formula is C25H34O10. The van der Waals surface area contributed by atoms with Gasteiger partial charge in [-0.2, -0.15) is 0 Å². The number of methoxy groups -OCH3 is 1. The highest BCUT2D eigenvalue weighted by molar-refractivity contribution is 5.97. The first-order chi connectivity index (χ1) is 16.5.